The van der Waals surface area contributed by atoms with E-state index in [1.807, 2.05) is 12.1 Å². The van der Waals surface area contributed by atoms with Crippen molar-refractivity contribution in [3.8, 4) is 0 Å². The molecule has 2 heterocycles. The molecule has 2 aliphatic rings. The molecule has 2 N–H and O–H groups in total. The lowest BCUT2D eigenvalue weighted by Crippen LogP contribution is -2.45. The fourth-order valence-electron chi connectivity index (χ4n) is 4.31. The van der Waals surface area contributed by atoms with Crippen LogP contribution in [0.25, 0.3) is 0 Å². The number of esters is 1. The minimum absolute atomic E-state index is 0.0187. The Kier molecular flexibility index (Phi) is 6.94. The zero-order valence-corrected chi connectivity index (χ0v) is 17.6. The van der Waals surface area contributed by atoms with Gasteiger partial charge in [0.05, 0.1) is 7.11 Å². The Hall–Kier alpha value is -2.65. The summed E-state index contributed by atoms with van der Waals surface area (Å²) in [6, 6.07) is 4.85. The van der Waals surface area contributed by atoms with Gasteiger partial charge in [0.2, 0.25) is 5.91 Å². The average molecular weight is 419 g/mol. The Balaban J connectivity index is 1.73. The highest BCUT2D eigenvalue weighted by atomic mass is 16.7. The predicted octanol–water partition coefficient (Wildman–Crippen LogP) is 0.895. The molecule has 9 nitrogen and oxygen atoms in total. The van der Waals surface area contributed by atoms with Gasteiger partial charge in [0.1, 0.15) is 6.04 Å². The molecule has 164 valence electrons. The van der Waals surface area contributed by atoms with Crippen molar-refractivity contribution in [1.29, 1.82) is 0 Å². The predicted molar refractivity (Wildman–Crippen MR) is 109 cm³/mol. The van der Waals surface area contributed by atoms with E-state index in [0.29, 0.717) is 5.56 Å². The second-order valence-electron chi connectivity index (χ2n) is 7.64. The number of rotatable bonds is 9. The van der Waals surface area contributed by atoms with Gasteiger partial charge in [-0.25, -0.2) is 0 Å². The molecular formula is C21H29N3O6. The van der Waals surface area contributed by atoms with Crippen molar-refractivity contribution in [3.05, 3.63) is 29.3 Å². The molecule has 1 fully saturated rings. The van der Waals surface area contributed by atoms with Gasteiger partial charge in [-0.1, -0.05) is 0 Å². The van der Waals surface area contributed by atoms with Crippen LogP contribution in [0.2, 0.25) is 0 Å². The maximum absolute atomic E-state index is 12.9. The number of hydrogen-bond acceptors (Lipinski definition) is 7. The molecule has 1 aromatic carbocycles. The molecule has 3 rings (SSSR count). The molecule has 0 spiro atoms. The second kappa shape index (κ2) is 9.44. The van der Waals surface area contributed by atoms with Crippen LogP contribution in [0.3, 0.4) is 0 Å². The highest BCUT2D eigenvalue weighted by Gasteiger charge is 2.36. The van der Waals surface area contributed by atoms with E-state index >= 15 is 0 Å². The minimum atomic E-state index is -0.854. The van der Waals surface area contributed by atoms with E-state index < -0.39 is 17.9 Å². The van der Waals surface area contributed by atoms with Gasteiger partial charge >= 0.3 is 5.97 Å². The smallest absolute Gasteiger partial charge is 0.305 e. The van der Waals surface area contributed by atoms with Gasteiger partial charge in [0, 0.05) is 57.4 Å². The number of anilines is 1. The van der Waals surface area contributed by atoms with Gasteiger partial charge in [-0.2, -0.15) is 0 Å². The molecule has 1 saturated heterocycles. The first kappa shape index (κ1) is 22.0. The minimum Gasteiger partial charge on any atom is -0.469 e. The normalized spacial score (nSPS) is 19.3. The van der Waals surface area contributed by atoms with Gasteiger partial charge in [-0.15, -0.1) is 0 Å². The standard InChI is InChI=1S/C21H29N3O6/c1-28-18(25)7-6-17(19(22)26)24-12-14-10-15(4-5-16(14)20(24)27)23-9-8-13(11-23)21(29-2)30-3/h4-5,10,13,17,21H,6-9,11-12H2,1-3H3,(H2,22,26)/t13-,17+/m1/s1. The number of primary amides is 1. The van der Waals surface area contributed by atoms with Crippen LogP contribution in [0, 0.1) is 5.92 Å². The van der Waals surface area contributed by atoms with Crippen molar-refractivity contribution < 1.29 is 28.6 Å². The van der Waals surface area contributed by atoms with Gasteiger partial charge in [-0.3, -0.25) is 14.4 Å². The number of amides is 2. The maximum atomic E-state index is 12.9. The van der Waals surface area contributed by atoms with Crippen molar-refractivity contribution in [2.45, 2.75) is 38.1 Å². The quantitative estimate of drug-likeness (QED) is 0.467. The summed E-state index contributed by atoms with van der Waals surface area (Å²) in [6.45, 7) is 1.95. The van der Waals surface area contributed by atoms with Crippen molar-refractivity contribution in [2.24, 2.45) is 11.7 Å². The number of carbonyl (C=O) groups excluding carboxylic acids is 3. The SMILES string of the molecule is COC(=O)CC[C@@H](C(N)=O)N1Cc2cc(N3CC[C@@H](C(OC)OC)C3)ccc2C1=O. The first-order valence-electron chi connectivity index (χ1n) is 10.00. The third-order valence-electron chi connectivity index (χ3n) is 5.91. The first-order chi connectivity index (χ1) is 14.4. The molecule has 0 bridgehead atoms. The number of benzene rings is 1. The lowest BCUT2D eigenvalue weighted by Gasteiger charge is -2.24. The highest BCUT2D eigenvalue weighted by molar-refractivity contribution is 6.01. The molecule has 0 aromatic heterocycles. The highest BCUT2D eigenvalue weighted by Crippen LogP contribution is 2.32. The summed E-state index contributed by atoms with van der Waals surface area (Å²) in [6.07, 6.45) is 0.863. The third-order valence-corrected chi connectivity index (χ3v) is 5.91. The Morgan fingerprint density at radius 1 is 1.23 bits per heavy atom. The number of nitrogens with two attached hydrogens (primary N) is 1. The zero-order chi connectivity index (χ0) is 21.8. The topological polar surface area (TPSA) is 111 Å². The number of nitrogens with zero attached hydrogens (tertiary/aromatic N) is 2. The van der Waals surface area contributed by atoms with Crippen molar-refractivity contribution >= 4 is 23.5 Å². The lowest BCUT2D eigenvalue weighted by molar-refractivity contribution is -0.141. The fourth-order valence-corrected chi connectivity index (χ4v) is 4.31. The van der Waals surface area contributed by atoms with E-state index in [4.69, 9.17) is 15.2 Å². The molecule has 0 radical (unpaired) electrons. The number of methoxy groups -OCH3 is 3. The average Bonchev–Trinajstić information content (AvgIpc) is 3.34. The summed E-state index contributed by atoms with van der Waals surface area (Å²) in [7, 11) is 4.56. The van der Waals surface area contributed by atoms with E-state index in [0.717, 1.165) is 30.8 Å². The molecule has 2 atom stereocenters. The molecule has 2 aliphatic heterocycles. The van der Waals surface area contributed by atoms with Crippen LogP contribution in [-0.2, 0) is 30.3 Å². The number of ether oxygens (including phenoxy) is 3. The molecule has 0 aliphatic carbocycles. The van der Waals surface area contributed by atoms with Gasteiger partial charge in [0.25, 0.3) is 5.91 Å². The first-order valence-corrected chi connectivity index (χ1v) is 10.00. The Morgan fingerprint density at radius 3 is 2.60 bits per heavy atom. The second-order valence-corrected chi connectivity index (χ2v) is 7.64. The van der Waals surface area contributed by atoms with E-state index in [1.54, 1.807) is 20.3 Å². The van der Waals surface area contributed by atoms with Crippen LogP contribution in [0.1, 0.15) is 35.2 Å². The Morgan fingerprint density at radius 2 is 1.97 bits per heavy atom. The van der Waals surface area contributed by atoms with Crippen LogP contribution in [0.15, 0.2) is 18.2 Å². The molecule has 2 amide bonds. The molecule has 30 heavy (non-hydrogen) atoms. The zero-order valence-electron chi connectivity index (χ0n) is 17.6. The maximum Gasteiger partial charge on any atom is 0.305 e. The van der Waals surface area contributed by atoms with Crippen molar-refractivity contribution in [1.82, 2.24) is 4.90 Å². The molecule has 1 aromatic rings. The van der Waals surface area contributed by atoms with Crippen LogP contribution in [-0.4, -0.2) is 69.4 Å². The largest absolute Gasteiger partial charge is 0.469 e. The monoisotopic (exact) mass is 419 g/mol. The number of fused-ring (bicyclic) bond motifs is 1. The van der Waals surface area contributed by atoms with Gasteiger partial charge in [0.15, 0.2) is 6.29 Å². The fraction of sp³-hybridized carbons (Fsp3) is 0.571. The number of carbonyl (C=O) groups is 3. The van der Waals surface area contributed by atoms with Crippen LogP contribution >= 0.6 is 0 Å². The van der Waals surface area contributed by atoms with Crippen molar-refractivity contribution in [2.75, 3.05) is 39.3 Å². The van der Waals surface area contributed by atoms with E-state index in [9.17, 15) is 14.4 Å². The third kappa shape index (κ3) is 4.41. The molecule has 9 heteroatoms. The van der Waals surface area contributed by atoms with E-state index in [2.05, 4.69) is 9.64 Å². The summed E-state index contributed by atoms with van der Waals surface area (Å²) >= 11 is 0. The summed E-state index contributed by atoms with van der Waals surface area (Å²) < 4.78 is 15.4. The van der Waals surface area contributed by atoms with Crippen LogP contribution in [0.4, 0.5) is 5.69 Å². The lowest BCUT2D eigenvalue weighted by atomic mass is 10.1. The molecule has 0 unspecified atom stereocenters. The van der Waals surface area contributed by atoms with Gasteiger partial charge < -0.3 is 29.7 Å². The summed E-state index contributed by atoms with van der Waals surface area (Å²) in [5, 5.41) is 0. The van der Waals surface area contributed by atoms with Gasteiger partial charge in [-0.05, 0) is 36.6 Å². The van der Waals surface area contributed by atoms with E-state index in [1.165, 1.54) is 12.0 Å². The number of hydrogen-bond donors (Lipinski definition) is 1. The van der Waals surface area contributed by atoms with E-state index in [-0.39, 0.29) is 37.5 Å². The Bertz CT molecular complexity index is 810. The Labute approximate surface area is 176 Å². The van der Waals surface area contributed by atoms with Crippen LogP contribution in [0.5, 0.6) is 0 Å². The molecular weight excluding hydrogens is 390 g/mol. The van der Waals surface area contributed by atoms with Crippen LogP contribution < -0.4 is 10.6 Å². The van der Waals surface area contributed by atoms with Crippen molar-refractivity contribution in [3.63, 3.8) is 0 Å². The summed E-state index contributed by atoms with van der Waals surface area (Å²) in [5.74, 6) is -1.05. The summed E-state index contributed by atoms with van der Waals surface area (Å²) in [5.41, 5.74) is 7.95. The molecule has 0 saturated carbocycles. The summed E-state index contributed by atoms with van der Waals surface area (Å²) in [4.78, 5) is 40.0.